The molecule has 0 radical (unpaired) electrons. The first-order valence-corrected chi connectivity index (χ1v) is 13.2. The van der Waals surface area contributed by atoms with Crippen molar-refractivity contribution in [1.29, 1.82) is 0 Å². The van der Waals surface area contributed by atoms with Crippen molar-refractivity contribution in [2.24, 2.45) is 5.41 Å². The van der Waals surface area contributed by atoms with Crippen LogP contribution in [0.2, 0.25) is 0 Å². The molecule has 5 amide bonds. The van der Waals surface area contributed by atoms with E-state index in [1.165, 1.54) is 0 Å². The van der Waals surface area contributed by atoms with Crippen molar-refractivity contribution in [2.45, 2.75) is 64.1 Å². The molecule has 2 aromatic rings. The third-order valence-corrected chi connectivity index (χ3v) is 8.25. The lowest BCUT2D eigenvalue weighted by molar-refractivity contribution is -0.138. The number of nitrogens with zero attached hydrogens (tertiary/aromatic N) is 4. The Hall–Kier alpha value is -4.02. The van der Waals surface area contributed by atoms with E-state index in [4.69, 9.17) is 0 Å². The number of benzene rings is 1. The van der Waals surface area contributed by atoms with Gasteiger partial charge in [0.15, 0.2) is 0 Å². The Morgan fingerprint density at radius 3 is 2.58 bits per heavy atom. The van der Waals surface area contributed by atoms with E-state index in [0.29, 0.717) is 12.2 Å². The minimum Gasteiger partial charge on any atom is -0.380 e. The van der Waals surface area contributed by atoms with E-state index in [9.17, 15) is 24.0 Å². The van der Waals surface area contributed by atoms with Gasteiger partial charge in [0.25, 0.3) is 11.8 Å². The maximum Gasteiger partial charge on any atom is 0.264 e. The molecule has 0 spiro atoms. The van der Waals surface area contributed by atoms with Crippen LogP contribution in [0, 0.1) is 5.41 Å². The predicted molar refractivity (Wildman–Crippen MR) is 135 cm³/mol. The molecule has 6 rings (SSSR count). The van der Waals surface area contributed by atoms with Gasteiger partial charge in [-0.25, -0.2) is 0 Å². The molecule has 4 aliphatic rings. The van der Waals surface area contributed by atoms with Crippen LogP contribution in [0.1, 0.15) is 77.8 Å². The van der Waals surface area contributed by atoms with Gasteiger partial charge in [-0.15, -0.1) is 0 Å². The minimum atomic E-state index is -1.000. The molecule has 38 heavy (non-hydrogen) atoms. The highest BCUT2D eigenvalue weighted by Gasteiger charge is 2.48. The highest BCUT2D eigenvalue weighted by molar-refractivity contribution is 6.25. The zero-order valence-corrected chi connectivity index (χ0v) is 21.2. The van der Waals surface area contributed by atoms with E-state index in [1.54, 1.807) is 24.4 Å². The lowest BCUT2D eigenvalue weighted by atomic mass is 10.0. The summed E-state index contributed by atoms with van der Waals surface area (Å²) in [6, 6.07) is 4.23. The fourth-order valence-corrected chi connectivity index (χ4v) is 5.64. The van der Waals surface area contributed by atoms with E-state index in [2.05, 4.69) is 15.7 Å². The van der Waals surface area contributed by atoms with Crippen molar-refractivity contribution in [3.63, 3.8) is 0 Å². The molecular formula is C27H30N6O5. The zero-order valence-electron chi connectivity index (χ0n) is 21.2. The Morgan fingerprint density at radius 1 is 1.11 bits per heavy atom. The number of piperidine rings is 2. The first-order chi connectivity index (χ1) is 18.2. The van der Waals surface area contributed by atoms with Crippen molar-refractivity contribution in [3.8, 4) is 0 Å². The van der Waals surface area contributed by atoms with Gasteiger partial charge < -0.3 is 10.2 Å². The standard InChI is InChI=1S/C27H30N6O5/c1-27(9-10-27)26(38)31-11-7-17(8-12-31)32-15-16(14-29-32)13-28-19-4-2-3-18-22(19)25(37)33(24(18)36)20-5-6-21(34)30-23(20)35/h2-4,14-15,17,20,28H,5-13H2,1H3,(H,30,34,35). The second-order valence-corrected chi connectivity index (χ2v) is 10.9. The summed E-state index contributed by atoms with van der Waals surface area (Å²) >= 11 is 0. The Balaban J connectivity index is 1.10. The summed E-state index contributed by atoms with van der Waals surface area (Å²) in [5.74, 6) is -1.83. The number of carbonyl (C=O) groups excluding carboxylic acids is 5. The lowest BCUT2D eigenvalue weighted by Gasteiger charge is -2.33. The first kappa shape index (κ1) is 24.3. The minimum absolute atomic E-state index is 0.0770. The quantitative estimate of drug-likeness (QED) is 0.558. The van der Waals surface area contributed by atoms with Crippen LogP contribution < -0.4 is 10.6 Å². The van der Waals surface area contributed by atoms with Crippen LogP contribution >= 0.6 is 0 Å². The molecule has 198 valence electrons. The number of anilines is 1. The van der Waals surface area contributed by atoms with Crippen LogP contribution in [0.3, 0.4) is 0 Å². The van der Waals surface area contributed by atoms with E-state index < -0.39 is 29.7 Å². The van der Waals surface area contributed by atoms with Crippen LogP contribution in [0.25, 0.3) is 0 Å². The molecule has 3 aliphatic heterocycles. The third-order valence-electron chi connectivity index (χ3n) is 8.25. The number of nitrogens with one attached hydrogen (secondary N) is 2. The first-order valence-electron chi connectivity index (χ1n) is 13.2. The Bertz CT molecular complexity index is 1350. The predicted octanol–water partition coefficient (Wildman–Crippen LogP) is 1.86. The Morgan fingerprint density at radius 2 is 1.87 bits per heavy atom. The molecule has 3 fully saturated rings. The molecule has 0 bridgehead atoms. The maximum atomic E-state index is 13.3. The van der Waals surface area contributed by atoms with Crippen LogP contribution in [0.15, 0.2) is 30.6 Å². The van der Waals surface area contributed by atoms with Gasteiger partial charge in [0.1, 0.15) is 6.04 Å². The number of carbonyl (C=O) groups is 5. The van der Waals surface area contributed by atoms with Gasteiger partial charge in [0.05, 0.1) is 23.4 Å². The number of rotatable bonds is 6. The van der Waals surface area contributed by atoms with Crippen molar-refractivity contribution in [1.82, 2.24) is 24.9 Å². The van der Waals surface area contributed by atoms with Crippen LogP contribution in [0.5, 0.6) is 0 Å². The number of aromatic nitrogens is 2. The van der Waals surface area contributed by atoms with Crippen molar-refractivity contribution in [2.75, 3.05) is 18.4 Å². The number of hydrogen-bond donors (Lipinski definition) is 2. The fourth-order valence-electron chi connectivity index (χ4n) is 5.64. The van der Waals surface area contributed by atoms with Crippen molar-refractivity contribution < 1.29 is 24.0 Å². The van der Waals surface area contributed by atoms with Gasteiger partial charge in [0, 0.05) is 48.9 Å². The molecule has 1 aliphatic carbocycles. The summed E-state index contributed by atoms with van der Waals surface area (Å²) in [7, 11) is 0. The van der Waals surface area contributed by atoms with Crippen molar-refractivity contribution in [3.05, 3.63) is 47.3 Å². The smallest absolute Gasteiger partial charge is 0.264 e. The lowest BCUT2D eigenvalue weighted by Crippen LogP contribution is -2.54. The summed E-state index contributed by atoms with van der Waals surface area (Å²) in [5.41, 5.74) is 1.76. The van der Waals surface area contributed by atoms with E-state index in [-0.39, 0.29) is 41.3 Å². The number of likely N-dealkylation sites (tertiary alicyclic amines) is 1. The zero-order chi connectivity index (χ0) is 26.6. The van der Waals surface area contributed by atoms with E-state index in [1.807, 2.05) is 22.7 Å². The number of hydrogen-bond acceptors (Lipinski definition) is 7. The van der Waals surface area contributed by atoms with Gasteiger partial charge in [-0.3, -0.25) is 38.9 Å². The molecule has 11 nitrogen and oxygen atoms in total. The highest BCUT2D eigenvalue weighted by atomic mass is 16.2. The molecule has 1 saturated carbocycles. The average molecular weight is 519 g/mol. The molecular weight excluding hydrogens is 488 g/mol. The Kier molecular flexibility index (Phi) is 5.81. The van der Waals surface area contributed by atoms with Crippen LogP contribution in [-0.4, -0.2) is 68.2 Å². The third kappa shape index (κ3) is 4.15. The number of fused-ring (bicyclic) bond motifs is 1. The van der Waals surface area contributed by atoms with Gasteiger partial charge in [-0.2, -0.15) is 5.10 Å². The summed E-state index contributed by atoms with van der Waals surface area (Å²) in [5, 5.41) is 10.0. The summed E-state index contributed by atoms with van der Waals surface area (Å²) in [6.07, 6.45) is 7.63. The number of amides is 5. The second-order valence-electron chi connectivity index (χ2n) is 10.9. The molecule has 2 N–H and O–H groups in total. The monoisotopic (exact) mass is 518 g/mol. The SMILES string of the molecule is CC1(C(=O)N2CCC(n3cc(CNc4cccc5c4C(=O)N(C4CCC(=O)NC4=O)C5=O)cn3)CC2)CC1. The maximum absolute atomic E-state index is 13.3. The van der Waals surface area contributed by atoms with Gasteiger partial charge >= 0.3 is 0 Å². The normalized spacial score (nSPS) is 22.9. The van der Waals surface area contributed by atoms with E-state index in [0.717, 1.165) is 49.2 Å². The number of imide groups is 2. The van der Waals surface area contributed by atoms with Gasteiger partial charge in [-0.05, 0) is 44.2 Å². The van der Waals surface area contributed by atoms with Gasteiger partial charge in [-0.1, -0.05) is 13.0 Å². The topological polar surface area (TPSA) is 134 Å². The molecule has 1 aromatic carbocycles. The molecule has 11 heteroatoms. The summed E-state index contributed by atoms with van der Waals surface area (Å²) in [4.78, 5) is 65.7. The average Bonchev–Trinajstić information content (AvgIpc) is 3.39. The molecule has 1 aromatic heterocycles. The summed E-state index contributed by atoms with van der Waals surface area (Å²) in [6.45, 7) is 3.92. The molecule has 2 saturated heterocycles. The van der Waals surface area contributed by atoms with Crippen LogP contribution in [0.4, 0.5) is 5.69 Å². The fraction of sp³-hybridized carbons (Fsp3) is 0.481. The van der Waals surface area contributed by atoms with Crippen LogP contribution in [-0.2, 0) is 20.9 Å². The molecule has 4 heterocycles. The largest absolute Gasteiger partial charge is 0.380 e. The van der Waals surface area contributed by atoms with E-state index >= 15 is 0 Å². The second kappa shape index (κ2) is 9.07. The Labute approximate surface area is 219 Å². The highest BCUT2D eigenvalue weighted by Crippen LogP contribution is 2.47. The van der Waals surface area contributed by atoms with Gasteiger partial charge in [0.2, 0.25) is 17.7 Å². The molecule has 1 atom stereocenters. The summed E-state index contributed by atoms with van der Waals surface area (Å²) < 4.78 is 1.95. The molecule has 1 unspecified atom stereocenters. The van der Waals surface area contributed by atoms with Crippen molar-refractivity contribution >= 4 is 35.2 Å².